The number of halogens is 1. The van der Waals surface area contributed by atoms with Gasteiger partial charge in [-0.3, -0.25) is 4.79 Å². The molecule has 2 rings (SSSR count). The van der Waals surface area contributed by atoms with Crippen molar-refractivity contribution >= 4 is 11.9 Å². The fraction of sp³-hybridized carbons (Fsp3) is 0.556. The molecule has 0 saturated carbocycles. The smallest absolute Gasteiger partial charge is 0.410 e. The third kappa shape index (κ3) is 5.05. The molecule has 126 valence electrons. The summed E-state index contributed by atoms with van der Waals surface area (Å²) in [6.07, 6.45) is 2.46. The maximum Gasteiger partial charge on any atom is 0.410 e. The maximum absolute atomic E-state index is 13.3. The standard InChI is InChI=1S/C18H24FNO3/c1-18(2,3)23-17(22)20-10-5-4-9-15(20)12-16(21)13-7-6-8-14(19)11-13/h6-8,11,15H,4-5,9-10,12H2,1-3H3. The fourth-order valence-electron chi connectivity index (χ4n) is 2.77. The van der Waals surface area contributed by atoms with Crippen molar-refractivity contribution in [1.29, 1.82) is 0 Å². The molecule has 1 amide bonds. The first-order valence-electron chi connectivity index (χ1n) is 8.04. The van der Waals surface area contributed by atoms with Crippen molar-refractivity contribution in [3.05, 3.63) is 35.6 Å². The Kier molecular flexibility index (Phi) is 5.39. The van der Waals surface area contributed by atoms with Crippen molar-refractivity contribution in [3.63, 3.8) is 0 Å². The van der Waals surface area contributed by atoms with E-state index in [2.05, 4.69) is 0 Å². The number of carbonyl (C=O) groups excluding carboxylic acids is 2. The number of hydrogen-bond donors (Lipinski definition) is 0. The third-order valence-corrected chi connectivity index (χ3v) is 3.82. The molecular formula is C18H24FNO3. The molecule has 1 aliphatic heterocycles. The average Bonchev–Trinajstić information content (AvgIpc) is 2.46. The molecule has 0 radical (unpaired) electrons. The summed E-state index contributed by atoms with van der Waals surface area (Å²) in [6.45, 7) is 6.06. The molecule has 23 heavy (non-hydrogen) atoms. The highest BCUT2D eigenvalue weighted by atomic mass is 19.1. The number of piperidine rings is 1. The van der Waals surface area contributed by atoms with Crippen molar-refractivity contribution < 1.29 is 18.7 Å². The number of benzene rings is 1. The second-order valence-corrected chi connectivity index (χ2v) is 6.96. The highest BCUT2D eigenvalue weighted by molar-refractivity contribution is 5.96. The molecule has 1 aromatic carbocycles. The number of hydrogen-bond acceptors (Lipinski definition) is 3. The van der Waals surface area contributed by atoms with Crippen molar-refractivity contribution in [2.45, 2.75) is 58.1 Å². The lowest BCUT2D eigenvalue weighted by Gasteiger charge is -2.36. The van der Waals surface area contributed by atoms with Gasteiger partial charge in [-0.05, 0) is 52.2 Å². The minimum Gasteiger partial charge on any atom is -0.444 e. The molecule has 1 aliphatic rings. The van der Waals surface area contributed by atoms with Gasteiger partial charge in [-0.2, -0.15) is 0 Å². The van der Waals surface area contributed by atoms with Gasteiger partial charge in [0, 0.05) is 24.6 Å². The Morgan fingerprint density at radius 3 is 2.70 bits per heavy atom. The molecule has 0 spiro atoms. The third-order valence-electron chi connectivity index (χ3n) is 3.82. The van der Waals surface area contributed by atoms with E-state index in [0.29, 0.717) is 12.1 Å². The fourth-order valence-corrected chi connectivity index (χ4v) is 2.77. The summed E-state index contributed by atoms with van der Waals surface area (Å²) in [6, 6.07) is 5.49. The number of rotatable bonds is 3. The topological polar surface area (TPSA) is 46.6 Å². The lowest BCUT2D eigenvalue weighted by Crippen LogP contribution is -2.46. The molecule has 4 nitrogen and oxygen atoms in total. The van der Waals surface area contributed by atoms with E-state index >= 15 is 0 Å². The van der Waals surface area contributed by atoms with E-state index in [-0.39, 0.29) is 24.3 Å². The molecular weight excluding hydrogens is 297 g/mol. The number of carbonyl (C=O) groups is 2. The predicted octanol–water partition coefficient (Wildman–Crippen LogP) is 4.19. The molecule has 1 saturated heterocycles. The molecule has 1 aromatic rings. The first-order valence-corrected chi connectivity index (χ1v) is 8.04. The van der Waals surface area contributed by atoms with E-state index in [4.69, 9.17) is 4.74 Å². The number of amides is 1. The molecule has 5 heteroatoms. The zero-order valence-corrected chi connectivity index (χ0v) is 14.0. The normalized spacial score (nSPS) is 18.6. The second-order valence-electron chi connectivity index (χ2n) is 6.96. The molecule has 0 aliphatic carbocycles. The number of nitrogens with zero attached hydrogens (tertiary/aromatic N) is 1. The molecule has 1 unspecified atom stereocenters. The second kappa shape index (κ2) is 7.11. The van der Waals surface area contributed by atoms with Gasteiger partial charge in [0.1, 0.15) is 11.4 Å². The Hall–Kier alpha value is -1.91. The monoisotopic (exact) mass is 321 g/mol. The van der Waals surface area contributed by atoms with Crippen LogP contribution in [-0.2, 0) is 4.74 Å². The number of Topliss-reactive ketones (excluding diaryl/α,β-unsaturated/α-hetero) is 1. The first kappa shape index (κ1) is 17.4. The molecule has 1 atom stereocenters. The molecule has 1 fully saturated rings. The SMILES string of the molecule is CC(C)(C)OC(=O)N1CCCCC1CC(=O)c1cccc(F)c1. The van der Waals surface area contributed by atoms with Crippen molar-refractivity contribution in [1.82, 2.24) is 4.90 Å². The van der Waals surface area contributed by atoms with E-state index in [1.807, 2.05) is 20.8 Å². The molecule has 1 heterocycles. The highest BCUT2D eigenvalue weighted by Crippen LogP contribution is 2.24. The summed E-state index contributed by atoms with van der Waals surface area (Å²) in [4.78, 5) is 26.3. The summed E-state index contributed by atoms with van der Waals surface area (Å²) in [5.74, 6) is -0.576. The van der Waals surface area contributed by atoms with E-state index in [9.17, 15) is 14.0 Å². The van der Waals surface area contributed by atoms with Gasteiger partial charge in [-0.15, -0.1) is 0 Å². The quantitative estimate of drug-likeness (QED) is 0.784. The molecule has 0 aromatic heterocycles. The van der Waals surface area contributed by atoms with E-state index < -0.39 is 11.4 Å². The zero-order chi connectivity index (χ0) is 17.0. The van der Waals surface area contributed by atoms with Crippen LogP contribution in [0.3, 0.4) is 0 Å². The minimum atomic E-state index is -0.564. The van der Waals surface area contributed by atoms with Gasteiger partial charge in [0.25, 0.3) is 0 Å². The zero-order valence-electron chi connectivity index (χ0n) is 14.0. The summed E-state index contributed by atoms with van der Waals surface area (Å²) in [7, 11) is 0. The van der Waals surface area contributed by atoms with E-state index in [1.165, 1.54) is 18.2 Å². The van der Waals surface area contributed by atoms with Crippen LogP contribution in [0.2, 0.25) is 0 Å². The first-order chi connectivity index (χ1) is 10.8. The minimum absolute atomic E-state index is 0.148. The van der Waals surface area contributed by atoms with Crippen LogP contribution in [-0.4, -0.2) is 35.0 Å². The van der Waals surface area contributed by atoms with Gasteiger partial charge in [0.2, 0.25) is 0 Å². The number of ether oxygens (including phenoxy) is 1. The summed E-state index contributed by atoms with van der Waals surface area (Å²) >= 11 is 0. The maximum atomic E-state index is 13.3. The van der Waals surface area contributed by atoms with Gasteiger partial charge < -0.3 is 9.64 Å². The Morgan fingerprint density at radius 2 is 2.04 bits per heavy atom. The lowest BCUT2D eigenvalue weighted by atomic mass is 9.95. The molecule has 0 N–H and O–H groups in total. The van der Waals surface area contributed by atoms with Gasteiger partial charge in [0.15, 0.2) is 5.78 Å². The van der Waals surface area contributed by atoms with Crippen LogP contribution in [0, 0.1) is 5.82 Å². The Morgan fingerprint density at radius 1 is 1.30 bits per heavy atom. The van der Waals surface area contributed by atoms with Crippen LogP contribution in [0.25, 0.3) is 0 Å². The predicted molar refractivity (Wildman–Crippen MR) is 85.9 cm³/mol. The molecule has 0 bridgehead atoms. The van der Waals surface area contributed by atoms with Crippen molar-refractivity contribution in [2.24, 2.45) is 0 Å². The van der Waals surface area contributed by atoms with Crippen LogP contribution in [0.5, 0.6) is 0 Å². The number of likely N-dealkylation sites (tertiary alicyclic amines) is 1. The van der Waals surface area contributed by atoms with E-state index in [0.717, 1.165) is 19.3 Å². The Bertz CT molecular complexity index is 580. The van der Waals surface area contributed by atoms with Gasteiger partial charge >= 0.3 is 6.09 Å². The van der Waals surface area contributed by atoms with Crippen LogP contribution in [0.15, 0.2) is 24.3 Å². The van der Waals surface area contributed by atoms with Crippen LogP contribution in [0.4, 0.5) is 9.18 Å². The van der Waals surface area contributed by atoms with Crippen molar-refractivity contribution in [2.75, 3.05) is 6.54 Å². The Labute approximate surface area is 136 Å². The van der Waals surface area contributed by atoms with Crippen LogP contribution < -0.4 is 0 Å². The van der Waals surface area contributed by atoms with Gasteiger partial charge in [-0.25, -0.2) is 9.18 Å². The number of ketones is 1. The lowest BCUT2D eigenvalue weighted by molar-refractivity contribution is 0.00946. The van der Waals surface area contributed by atoms with Crippen LogP contribution >= 0.6 is 0 Å². The van der Waals surface area contributed by atoms with Crippen LogP contribution in [0.1, 0.15) is 56.8 Å². The van der Waals surface area contributed by atoms with Gasteiger partial charge in [-0.1, -0.05) is 12.1 Å². The largest absolute Gasteiger partial charge is 0.444 e. The highest BCUT2D eigenvalue weighted by Gasteiger charge is 2.31. The summed E-state index contributed by atoms with van der Waals surface area (Å²) in [5.41, 5.74) is -0.217. The van der Waals surface area contributed by atoms with Gasteiger partial charge in [0.05, 0.1) is 0 Å². The van der Waals surface area contributed by atoms with E-state index in [1.54, 1.807) is 11.0 Å². The summed E-state index contributed by atoms with van der Waals surface area (Å²) < 4.78 is 18.7. The summed E-state index contributed by atoms with van der Waals surface area (Å²) in [5, 5.41) is 0. The van der Waals surface area contributed by atoms with Crippen molar-refractivity contribution in [3.8, 4) is 0 Å². The average molecular weight is 321 g/mol. The Balaban J connectivity index is 2.06.